The van der Waals surface area contributed by atoms with Gasteiger partial charge < -0.3 is 5.32 Å². The Morgan fingerprint density at radius 3 is 2.87 bits per heavy atom. The van der Waals surface area contributed by atoms with Crippen molar-refractivity contribution in [2.24, 2.45) is 0 Å². The van der Waals surface area contributed by atoms with Crippen molar-refractivity contribution in [1.82, 2.24) is 19.6 Å². The van der Waals surface area contributed by atoms with Crippen LogP contribution in [0.15, 0.2) is 48.8 Å². The molecular weight excluding hydrogens is 310 g/mol. The molecule has 0 bridgehead atoms. The monoisotopic (exact) mass is 329 g/mol. The summed E-state index contributed by atoms with van der Waals surface area (Å²) >= 11 is 0. The second-order valence-corrected chi connectivity index (χ2v) is 5.04. The summed E-state index contributed by atoms with van der Waals surface area (Å²) in [4.78, 5) is 8.66. The lowest BCUT2D eigenvalue weighted by atomic mass is 10.3. The van der Waals surface area contributed by atoms with Crippen molar-refractivity contribution >= 4 is 29.9 Å². The fourth-order valence-corrected chi connectivity index (χ4v) is 2.15. The van der Waals surface area contributed by atoms with E-state index in [9.17, 15) is 0 Å². The van der Waals surface area contributed by atoms with E-state index in [-0.39, 0.29) is 12.4 Å². The highest BCUT2D eigenvalue weighted by molar-refractivity contribution is 5.85. The highest BCUT2D eigenvalue weighted by atomic mass is 35.5. The Labute approximate surface area is 141 Å². The van der Waals surface area contributed by atoms with Crippen LogP contribution in [0.2, 0.25) is 0 Å². The molecule has 0 atom stereocenters. The quantitative estimate of drug-likeness (QED) is 0.743. The number of fused-ring (bicyclic) bond motifs is 1. The minimum Gasteiger partial charge on any atom is -0.363 e. The van der Waals surface area contributed by atoms with E-state index >= 15 is 0 Å². The van der Waals surface area contributed by atoms with Gasteiger partial charge in [0.2, 0.25) is 0 Å². The molecule has 0 saturated heterocycles. The van der Waals surface area contributed by atoms with Crippen molar-refractivity contribution in [3.63, 3.8) is 0 Å². The Kier molecular flexibility index (Phi) is 6.11. The van der Waals surface area contributed by atoms with E-state index in [1.807, 2.05) is 41.0 Å². The number of nitrogens with zero attached hydrogens (tertiary/aromatic N) is 4. The number of pyridine rings is 1. The van der Waals surface area contributed by atoms with Crippen LogP contribution in [0.25, 0.3) is 11.7 Å². The number of nitrogens with one attached hydrogen (secondary N) is 1. The molecule has 3 rings (SSSR count). The number of anilines is 1. The molecule has 3 aromatic rings. The fourth-order valence-electron chi connectivity index (χ4n) is 2.15. The SMILES string of the molecule is CCC/C=C/c1cnc2ccc(NCc3ccccn3)nn12.Cl. The first kappa shape index (κ1) is 17.0. The molecule has 0 spiro atoms. The number of hydrogen-bond acceptors (Lipinski definition) is 4. The molecule has 0 amide bonds. The van der Waals surface area contributed by atoms with Gasteiger partial charge in [-0.15, -0.1) is 17.5 Å². The van der Waals surface area contributed by atoms with Crippen LogP contribution in [0.3, 0.4) is 0 Å². The van der Waals surface area contributed by atoms with E-state index in [0.29, 0.717) is 6.54 Å². The number of unbranched alkanes of at least 4 members (excludes halogenated alkanes) is 1. The molecule has 0 aromatic carbocycles. The Balaban J connectivity index is 0.00000192. The summed E-state index contributed by atoms with van der Waals surface area (Å²) in [5.41, 5.74) is 2.82. The third-order valence-electron chi connectivity index (χ3n) is 3.31. The predicted molar refractivity (Wildman–Crippen MR) is 95.7 cm³/mol. The van der Waals surface area contributed by atoms with Gasteiger partial charge in [-0.3, -0.25) is 4.98 Å². The van der Waals surface area contributed by atoms with Crippen LogP contribution in [0.5, 0.6) is 0 Å². The maximum absolute atomic E-state index is 4.59. The number of hydrogen-bond donors (Lipinski definition) is 1. The molecule has 1 N–H and O–H groups in total. The second kappa shape index (κ2) is 8.29. The maximum Gasteiger partial charge on any atom is 0.154 e. The van der Waals surface area contributed by atoms with Gasteiger partial charge in [0.15, 0.2) is 5.65 Å². The molecule has 0 unspecified atom stereocenters. The highest BCUT2D eigenvalue weighted by Gasteiger charge is 2.03. The molecule has 0 saturated carbocycles. The Hall–Kier alpha value is -2.40. The van der Waals surface area contributed by atoms with Gasteiger partial charge in [-0.25, -0.2) is 9.50 Å². The average molecular weight is 330 g/mol. The molecule has 3 aromatic heterocycles. The molecule has 0 radical (unpaired) electrons. The Morgan fingerprint density at radius 1 is 1.17 bits per heavy atom. The van der Waals surface area contributed by atoms with Crippen LogP contribution >= 0.6 is 12.4 Å². The third kappa shape index (κ3) is 4.29. The molecule has 0 aliphatic rings. The molecule has 6 heteroatoms. The van der Waals surface area contributed by atoms with E-state index in [4.69, 9.17) is 0 Å². The first-order valence-corrected chi connectivity index (χ1v) is 7.52. The summed E-state index contributed by atoms with van der Waals surface area (Å²) in [6.45, 7) is 2.81. The molecule has 120 valence electrons. The van der Waals surface area contributed by atoms with Crippen LogP contribution in [0.4, 0.5) is 5.82 Å². The smallest absolute Gasteiger partial charge is 0.154 e. The van der Waals surface area contributed by atoms with Gasteiger partial charge in [0.25, 0.3) is 0 Å². The van der Waals surface area contributed by atoms with Gasteiger partial charge in [0.1, 0.15) is 5.82 Å². The van der Waals surface area contributed by atoms with Crippen molar-refractivity contribution in [1.29, 1.82) is 0 Å². The van der Waals surface area contributed by atoms with E-state index in [1.165, 1.54) is 0 Å². The standard InChI is InChI=1S/C17H19N5.ClH/c1-2-3-4-8-15-13-20-17-10-9-16(21-22(15)17)19-12-14-7-5-6-11-18-14;/h4-11,13H,2-3,12H2,1H3,(H,19,21);1H/b8-4+;. The van der Waals surface area contributed by atoms with E-state index in [0.717, 1.165) is 35.7 Å². The van der Waals surface area contributed by atoms with Crippen molar-refractivity contribution in [3.05, 3.63) is 60.2 Å². The first-order valence-electron chi connectivity index (χ1n) is 7.52. The van der Waals surface area contributed by atoms with Crippen LogP contribution in [0.1, 0.15) is 31.2 Å². The molecule has 5 nitrogen and oxygen atoms in total. The van der Waals surface area contributed by atoms with Crippen LogP contribution < -0.4 is 5.32 Å². The van der Waals surface area contributed by atoms with Gasteiger partial charge in [0, 0.05) is 6.20 Å². The lowest BCUT2D eigenvalue weighted by molar-refractivity contribution is 0.908. The summed E-state index contributed by atoms with van der Waals surface area (Å²) in [6, 6.07) is 9.78. The molecule has 23 heavy (non-hydrogen) atoms. The Bertz CT molecular complexity index is 767. The number of halogens is 1. The van der Waals surface area contributed by atoms with Gasteiger partial charge in [-0.05, 0) is 36.8 Å². The Morgan fingerprint density at radius 2 is 2.09 bits per heavy atom. The zero-order chi connectivity index (χ0) is 15.2. The number of imidazole rings is 1. The van der Waals surface area contributed by atoms with Crippen molar-refractivity contribution < 1.29 is 0 Å². The topological polar surface area (TPSA) is 55.1 Å². The molecule has 0 aliphatic carbocycles. The van der Waals surface area contributed by atoms with Gasteiger partial charge in [-0.1, -0.05) is 25.5 Å². The maximum atomic E-state index is 4.59. The minimum absolute atomic E-state index is 0. The zero-order valence-electron chi connectivity index (χ0n) is 13.0. The normalized spacial score (nSPS) is 10.8. The molecule has 0 fully saturated rings. The number of rotatable bonds is 6. The van der Waals surface area contributed by atoms with Gasteiger partial charge >= 0.3 is 0 Å². The molecular formula is C17H20ClN5. The second-order valence-electron chi connectivity index (χ2n) is 5.04. The lowest BCUT2D eigenvalue weighted by Gasteiger charge is -2.05. The van der Waals surface area contributed by atoms with Gasteiger partial charge in [-0.2, -0.15) is 0 Å². The molecule has 0 aliphatic heterocycles. The highest BCUT2D eigenvalue weighted by Crippen LogP contribution is 2.11. The van der Waals surface area contributed by atoms with E-state index < -0.39 is 0 Å². The summed E-state index contributed by atoms with van der Waals surface area (Å²) in [6.07, 6.45) is 10.1. The summed E-state index contributed by atoms with van der Waals surface area (Å²) in [7, 11) is 0. The number of aromatic nitrogens is 4. The van der Waals surface area contributed by atoms with Gasteiger partial charge in [0.05, 0.1) is 24.1 Å². The van der Waals surface area contributed by atoms with Crippen molar-refractivity contribution in [3.8, 4) is 0 Å². The largest absolute Gasteiger partial charge is 0.363 e. The average Bonchev–Trinajstić information content (AvgIpc) is 2.97. The van der Waals surface area contributed by atoms with Crippen LogP contribution in [0, 0.1) is 0 Å². The lowest BCUT2D eigenvalue weighted by Crippen LogP contribution is -2.05. The summed E-state index contributed by atoms with van der Waals surface area (Å²) < 4.78 is 1.85. The van der Waals surface area contributed by atoms with Crippen molar-refractivity contribution in [2.75, 3.05) is 5.32 Å². The molecule has 3 heterocycles. The van der Waals surface area contributed by atoms with E-state index in [2.05, 4.69) is 39.5 Å². The minimum atomic E-state index is 0. The van der Waals surface area contributed by atoms with E-state index in [1.54, 1.807) is 6.20 Å². The van der Waals surface area contributed by atoms with Crippen LogP contribution in [-0.2, 0) is 6.54 Å². The summed E-state index contributed by atoms with van der Waals surface area (Å²) in [5.74, 6) is 0.807. The zero-order valence-corrected chi connectivity index (χ0v) is 13.8. The fraction of sp³-hybridized carbons (Fsp3) is 0.235. The predicted octanol–water partition coefficient (Wildman–Crippen LogP) is 3.97. The van der Waals surface area contributed by atoms with Crippen molar-refractivity contribution in [2.45, 2.75) is 26.3 Å². The third-order valence-corrected chi connectivity index (χ3v) is 3.31. The number of allylic oxidation sites excluding steroid dienone is 1. The van der Waals surface area contributed by atoms with Crippen LogP contribution in [-0.4, -0.2) is 19.6 Å². The first-order chi connectivity index (χ1) is 10.9. The summed E-state index contributed by atoms with van der Waals surface area (Å²) in [5, 5.41) is 7.88.